The van der Waals surface area contributed by atoms with E-state index in [0.29, 0.717) is 6.42 Å². The minimum absolute atomic E-state index is 0.153. The lowest BCUT2D eigenvalue weighted by Crippen LogP contribution is -2.51. The van der Waals surface area contributed by atoms with Crippen LogP contribution >= 0.6 is 0 Å². The Bertz CT molecular complexity index is 636. The zero-order chi connectivity index (χ0) is 20.7. The molecule has 1 amide bonds. The van der Waals surface area contributed by atoms with Gasteiger partial charge in [-0.15, -0.1) is 0 Å². The zero-order valence-corrected chi connectivity index (χ0v) is 17.7. The van der Waals surface area contributed by atoms with Crippen LogP contribution in [0.1, 0.15) is 46.1 Å². The fraction of sp³-hybridized carbons (Fsp3) is 0.636. The van der Waals surface area contributed by atoms with Gasteiger partial charge in [-0.25, -0.2) is 4.79 Å². The number of benzene rings is 1. The molecule has 1 heterocycles. The second-order valence-electron chi connectivity index (χ2n) is 8.48. The number of esters is 1. The van der Waals surface area contributed by atoms with Crippen LogP contribution in [0.2, 0.25) is 0 Å². The van der Waals surface area contributed by atoms with Gasteiger partial charge in [0.15, 0.2) is 0 Å². The molecule has 1 aliphatic heterocycles. The van der Waals surface area contributed by atoms with Gasteiger partial charge >= 0.3 is 5.97 Å². The van der Waals surface area contributed by atoms with E-state index in [1.165, 1.54) is 0 Å². The molecular weight excluding hydrogens is 356 g/mol. The van der Waals surface area contributed by atoms with Crippen molar-refractivity contribution in [1.29, 1.82) is 0 Å². The Morgan fingerprint density at radius 3 is 2.46 bits per heavy atom. The maximum Gasteiger partial charge on any atom is 0.329 e. The molecule has 0 radical (unpaired) electrons. The Morgan fingerprint density at radius 2 is 1.93 bits per heavy atom. The summed E-state index contributed by atoms with van der Waals surface area (Å²) in [6, 6.07) is 9.04. The SMILES string of the molecule is COC(C1CCCN1)C(C)C(=O)NC(Cc1ccccc1)C(=O)OC(C)(C)C. The normalized spacial score (nSPS) is 20.2. The summed E-state index contributed by atoms with van der Waals surface area (Å²) < 4.78 is 11.2. The van der Waals surface area contributed by atoms with Crippen molar-refractivity contribution in [3.63, 3.8) is 0 Å². The summed E-state index contributed by atoms with van der Waals surface area (Å²) in [6.07, 6.45) is 2.20. The van der Waals surface area contributed by atoms with Crippen molar-refractivity contribution in [3.05, 3.63) is 35.9 Å². The highest BCUT2D eigenvalue weighted by Crippen LogP contribution is 2.20. The van der Waals surface area contributed by atoms with Crippen LogP contribution < -0.4 is 10.6 Å². The molecule has 0 aliphatic carbocycles. The summed E-state index contributed by atoms with van der Waals surface area (Å²) in [5, 5.41) is 6.30. The molecule has 0 spiro atoms. The summed E-state index contributed by atoms with van der Waals surface area (Å²) >= 11 is 0. The highest BCUT2D eigenvalue weighted by molar-refractivity contribution is 5.86. The smallest absolute Gasteiger partial charge is 0.329 e. The van der Waals surface area contributed by atoms with Crippen molar-refractivity contribution < 1.29 is 19.1 Å². The third-order valence-electron chi connectivity index (χ3n) is 4.96. The van der Waals surface area contributed by atoms with E-state index in [-0.39, 0.29) is 24.0 Å². The molecule has 6 heteroatoms. The Hall–Kier alpha value is -1.92. The maximum absolute atomic E-state index is 12.9. The number of hydrogen-bond donors (Lipinski definition) is 2. The van der Waals surface area contributed by atoms with E-state index < -0.39 is 17.6 Å². The third kappa shape index (κ3) is 6.60. The Kier molecular flexibility index (Phi) is 8.01. The van der Waals surface area contributed by atoms with Gasteiger partial charge in [0.1, 0.15) is 11.6 Å². The molecule has 1 aromatic carbocycles. The average molecular weight is 391 g/mol. The van der Waals surface area contributed by atoms with E-state index in [1.807, 2.05) is 58.0 Å². The molecule has 0 bridgehead atoms. The second kappa shape index (κ2) is 10.0. The standard InChI is InChI=1S/C22H34N2O4/c1-15(19(27-5)17-12-9-13-23-17)20(25)24-18(21(26)28-22(2,3)4)14-16-10-7-6-8-11-16/h6-8,10-11,15,17-19,23H,9,12-14H2,1-5H3,(H,24,25). The highest BCUT2D eigenvalue weighted by atomic mass is 16.6. The largest absolute Gasteiger partial charge is 0.458 e. The van der Waals surface area contributed by atoms with E-state index in [2.05, 4.69) is 10.6 Å². The van der Waals surface area contributed by atoms with E-state index in [9.17, 15) is 9.59 Å². The van der Waals surface area contributed by atoms with Crippen molar-refractivity contribution >= 4 is 11.9 Å². The fourth-order valence-corrected chi connectivity index (χ4v) is 3.58. The first-order valence-electron chi connectivity index (χ1n) is 10.0. The molecule has 1 aliphatic rings. The van der Waals surface area contributed by atoms with Crippen LogP contribution in [0.5, 0.6) is 0 Å². The number of carbonyl (C=O) groups excluding carboxylic acids is 2. The minimum Gasteiger partial charge on any atom is -0.458 e. The molecule has 1 aromatic rings. The van der Waals surface area contributed by atoms with Crippen LogP contribution in [0.4, 0.5) is 0 Å². The van der Waals surface area contributed by atoms with E-state index in [1.54, 1.807) is 7.11 Å². The van der Waals surface area contributed by atoms with Crippen molar-refractivity contribution in [2.75, 3.05) is 13.7 Å². The maximum atomic E-state index is 12.9. The average Bonchev–Trinajstić information content (AvgIpc) is 3.15. The van der Waals surface area contributed by atoms with Gasteiger partial charge in [0, 0.05) is 19.6 Å². The highest BCUT2D eigenvalue weighted by Gasteiger charge is 2.35. The number of methoxy groups -OCH3 is 1. The van der Waals surface area contributed by atoms with Gasteiger partial charge in [-0.2, -0.15) is 0 Å². The van der Waals surface area contributed by atoms with Gasteiger partial charge in [-0.3, -0.25) is 4.79 Å². The monoisotopic (exact) mass is 390 g/mol. The lowest BCUT2D eigenvalue weighted by molar-refractivity contribution is -0.159. The van der Waals surface area contributed by atoms with Gasteiger partial charge in [-0.05, 0) is 45.7 Å². The molecule has 4 atom stereocenters. The lowest BCUT2D eigenvalue weighted by Gasteiger charge is -2.29. The van der Waals surface area contributed by atoms with Crippen molar-refractivity contribution in [2.45, 2.75) is 70.7 Å². The quantitative estimate of drug-likeness (QED) is 0.667. The van der Waals surface area contributed by atoms with Gasteiger partial charge in [0.05, 0.1) is 12.0 Å². The van der Waals surface area contributed by atoms with Crippen LogP contribution in [0, 0.1) is 5.92 Å². The number of ether oxygens (including phenoxy) is 2. The van der Waals surface area contributed by atoms with Crippen molar-refractivity contribution in [3.8, 4) is 0 Å². The summed E-state index contributed by atoms with van der Waals surface area (Å²) in [4.78, 5) is 25.7. The van der Waals surface area contributed by atoms with Gasteiger partial charge < -0.3 is 20.1 Å². The zero-order valence-electron chi connectivity index (χ0n) is 17.7. The molecule has 0 saturated carbocycles. The van der Waals surface area contributed by atoms with E-state index in [4.69, 9.17) is 9.47 Å². The second-order valence-corrected chi connectivity index (χ2v) is 8.48. The van der Waals surface area contributed by atoms with Crippen LogP contribution in [-0.4, -0.2) is 49.3 Å². The minimum atomic E-state index is -0.745. The summed E-state index contributed by atoms with van der Waals surface area (Å²) in [5.41, 5.74) is 0.345. The predicted molar refractivity (Wildman–Crippen MR) is 109 cm³/mol. The van der Waals surface area contributed by atoms with Crippen LogP contribution in [0.3, 0.4) is 0 Å². The third-order valence-corrected chi connectivity index (χ3v) is 4.96. The number of hydrogen-bond acceptors (Lipinski definition) is 5. The predicted octanol–water partition coefficient (Wildman–Crippen LogP) is 2.46. The van der Waals surface area contributed by atoms with Gasteiger partial charge in [0.25, 0.3) is 0 Å². The number of amides is 1. The molecule has 6 nitrogen and oxygen atoms in total. The molecule has 1 fully saturated rings. The van der Waals surface area contributed by atoms with Crippen LogP contribution in [0.15, 0.2) is 30.3 Å². The Morgan fingerprint density at radius 1 is 1.25 bits per heavy atom. The number of rotatable bonds is 8. The van der Waals surface area contributed by atoms with Gasteiger partial charge in [0.2, 0.25) is 5.91 Å². The molecule has 2 N–H and O–H groups in total. The van der Waals surface area contributed by atoms with E-state index >= 15 is 0 Å². The Balaban J connectivity index is 2.10. The summed E-state index contributed by atoms with van der Waals surface area (Å²) in [6.45, 7) is 8.25. The Labute approximate surface area is 168 Å². The molecule has 28 heavy (non-hydrogen) atoms. The van der Waals surface area contributed by atoms with Crippen molar-refractivity contribution in [1.82, 2.24) is 10.6 Å². The molecule has 0 aromatic heterocycles. The number of nitrogens with one attached hydrogen (secondary N) is 2. The fourth-order valence-electron chi connectivity index (χ4n) is 3.58. The molecular formula is C22H34N2O4. The van der Waals surface area contributed by atoms with E-state index in [0.717, 1.165) is 24.9 Å². The molecule has 2 rings (SSSR count). The molecule has 156 valence electrons. The summed E-state index contributed by atoms with van der Waals surface area (Å²) in [7, 11) is 1.63. The topological polar surface area (TPSA) is 76.7 Å². The number of carbonyl (C=O) groups is 2. The molecule has 1 saturated heterocycles. The first kappa shape index (κ1) is 22.4. The first-order valence-corrected chi connectivity index (χ1v) is 10.0. The van der Waals surface area contributed by atoms with Crippen LogP contribution in [-0.2, 0) is 25.5 Å². The molecule has 4 unspecified atom stereocenters. The lowest BCUT2D eigenvalue weighted by atomic mass is 9.95. The van der Waals surface area contributed by atoms with Crippen LogP contribution in [0.25, 0.3) is 0 Å². The van der Waals surface area contributed by atoms with Gasteiger partial charge in [-0.1, -0.05) is 37.3 Å². The summed E-state index contributed by atoms with van der Waals surface area (Å²) in [5.74, 6) is -1.02. The first-order chi connectivity index (χ1) is 13.2. The van der Waals surface area contributed by atoms with Crippen molar-refractivity contribution in [2.24, 2.45) is 5.92 Å².